The molecule has 0 unspecified atom stereocenters. The van der Waals surface area contributed by atoms with Crippen LogP contribution in [0.5, 0.6) is 0 Å². The summed E-state index contributed by atoms with van der Waals surface area (Å²) in [4.78, 5) is 10.1. The van der Waals surface area contributed by atoms with Crippen molar-refractivity contribution in [2.45, 2.75) is 0 Å². The van der Waals surface area contributed by atoms with Crippen LogP contribution < -0.4 is 0 Å². The molecule has 0 fully saturated rings. The van der Waals surface area contributed by atoms with E-state index in [4.69, 9.17) is 9.97 Å². The SMILES string of the molecule is Fc1ccc(-c2cc(-c3cccc(F)c3)nc(-n3c4ccccc4c4c3ccc3c5ccccc5n(-c5ccccc5)c34)n2)cc1. The molecule has 9 rings (SSSR count). The largest absolute Gasteiger partial charge is 0.309 e. The van der Waals surface area contributed by atoms with Crippen LogP contribution in [0.1, 0.15) is 0 Å². The van der Waals surface area contributed by atoms with Gasteiger partial charge in [0.2, 0.25) is 5.95 Å². The minimum absolute atomic E-state index is 0.330. The van der Waals surface area contributed by atoms with E-state index in [1.54, 1.807) is 18.2 Å². The average Bonchev–Trinajstić information content (AvgIpc) is 3.62. The van der Waals surface area contributed by atoms with Gasteiger partial charge in [-0.3, -0.25) is 4.57 Å². The summed E-state index contributed by atoms with van der Waals surface area (Å²) in [5, 5.41) is 4.46. The molecule has 46 heavy (non-hydrogen) atoms. The van der Waals surface area contributed by atoms with Crippen molar-refractivity contribution in [2.24, 2.45) is 0 Å². The van der Waals surface area contributed by atoms with Crippen LogP contribution in [0.4, 0.5) is 8.78 Å². The average molecular weight is 599 g/mol. The smallest absolute Gasteiger partial charge is 0.235 e. The molecule has 0 aliphatic carbocycles. The highest BCUT2D eigenvalue weighted by Gasteiger charge is 2.22. The molecule has 0 aliphatic rings. The number of halogens is 2. The van der Waals surface area contributed by atoms with E-state index in [9.17, 15) is 8.78 Å². The number of hydrogen-bond acceptors (Lipinski definition) is 2. The molecule has 0 radical (unpaired) electrons. The minimum Gasteiger partial charge on any atom is -0.309 e. The van der Waals surface area contributed by atoms with Gasteiger partial charge in [-0.25, -0.2) is 18.7 Å². The van der Waals surface area contributed by atoms with E-state index in [-0.39, 0.29) is 11.6 Å². The molecule has 218 valence electrons. The standard InChI is InChI=1S/C40H24F2N4/c41-27-19-17-25(18-20-27)33-24-34(26-9-8-10-28(42)23-26)44-40(43-33)46-36-16-7-5-14-32(36)38-37(46)22-21-31-30-13-4-6-15-35(30)45(39(31)38)29-11-2-1-3-12-29/h1-24H. The molecular formula is C40H24F2N4. The summed E-state index contributed by atoms with van der Waals surface area (Å²) in [5.74, 6) is -0.244. The molecule has 0 amide bonds. The zero-order valence-electron chi connectivity index (χ0n) is 24.4. The van der Waals surface area contributed by atoms with Gasteiger partial charge >= 0.3 is 0 Å². The first-order valence-corrected chi connectivity index (χ1v) is 15.1. The fraction of sp³-hybridized carbons (Fsp3) is 0. The van der Waals surface area contributed by atoms with Gasteiger partial charge in [-0.05, 0) is 72.8 Å². The summed E-state index contributed by atoms with van der Waals surface area (Å²) >= 11 is 0. The van der Waals surface area contributed by atoms with Gasteiger partial charge in [0.05, 0.1) is 33.5 Å². The predicted octanol–water partition coefficient (Wildman–Crippen LogP) is 10.3. The Balaban J connectivity index is 1.42. The Labute approximate surface area is 262 Å². The predicted molar refractivity (Wildman–Crippen MR) is 181 cm³/mol. The van der Waals surface area contributed by atoms with Crippen molar-refractivity contribution in [1.29, 1.82) is 0 Å². The monoisotopic (exact) mass is 598 g/mol. The lowest BCUT2D eigenvalue weighted by Gasteiger charge is -2.12. The molecule has 0 aliphatic heterocycles. The number of aromatic nitrogens is 4. The number of fused-ring (bicyclic) bond motifs is 7. The topological polar surface area (TPSA) is 35.6 Å². The lowest BCUT2D eigenvalue weighted by molar-refractivity contribution is 0.627. The van der Waals surface area contributed by atoms with Gasteiger partial charge in [0.15, 0.2) is 0 Å². The van der Waals surface area contributed by atoms with Crippen LogP contribution in [0, 0.1) is 11.6 Å². The summed E-state index contributed by atoms with van der Waals surface area (Å²) in [5.41, 5.74) is 7.70. The maximum atomic E-state index is 14.4. The van der Waals surface area contributed by atoms with Gasteiger partial charge in [0.1, 0.15) is 11.6 Å². The quantitative estimate of drug-likeness (QED) is 0.202. The molecular weight excluding hydrogens is 574 g/mol. The normalized spacial score (nSPS) is 11.7. The van der Waals surface area contributed by atoms with Crippen molar-refractivity contribution < 1.29 is 8.78 Å². The number of nitrogens with zero attached hydrogens (tertiary/aromatic N) is 4. The number of hydrogen-bond donors (Lipinski definition) is 0. The highest BCUT2D eigenvalue weighted by Crippen LogP contribution is 2.42. The molecule has 0 bridgehead atoms. The number of para-hydroxylation sites is 3. The molecule has 6 heteroatoms. The fourth-order valence-corrected chi connectivity index (χ4v) is 6.67. The van der Waals surface area contributed by atoms with Crippen molar-refractivity contribution in [1.82, 2.24) is 19.1 Å². The van der Waals surface area contributed by atoms with Gasteiger partial charge in [0.25, 0.3) is 0 Å². The Bertz CT molecular complexity index is 2600. The van der Waals surface area contributed by atoms with Crippen molar-refractivity contribution >= 4 is 43.6 Å². The third-order valence-electron chi connectivity index (χ3n) is 8.66. The molecule has 0 saturated heterocycles. The van der Waals surface area contributed by atoms with Gasteiger partial charge in [-0.1, -0.05) is 72.8 Å². The Morgan fingerprint density at radius 1 is 0.435 bits per heavy atom. The number of benzene rings is 6. The van der Waals surface area contributed by atoms with E-state index < -0.39 is 0 Å². The van der Waals surface area contributed by atoms with Crippen LogP contribution in [0.15, 0.2) is 146 Å². The highest BCUT2D eigenvalue weighted by atomic mass is 19.1. The zero-order valence-corrected chi connectivity index (χ0v) is 24.4. The maximum absolute atomic E-state index is 14.4. The van der Waals surface area contributed by atoms with Gasteiger partial charge in [-0.15, -0.1) is 0 Å². The first-order chi connectivity index (χ1) is 22.6. The molecule has 3 heterocycles. The van der Waals surface area contributed by atoms with Crippen LogP contribution in [0.3, 0.4) is 0 Å². The van der Waals surface area contributed by atoms with Crippen LogP contribution in [0.2, 0.25) is 0 Å². The Morgan fingerprint density at radius 2 is 1.11 bits per heavy atom. The van der Waals surface area contributed by atoms with Gasteiger partial charge < -0.3 is 4.57 Å². The minimum atomic E-state index is -0.353. The van der Waals surface area contributed by atoms with Crippen LogP contribution in [-0.2, 0) is 0 Å². The van der Waals surface area contributed by atoms with E-state index in [1.807, 2.05) is 24.3 Å². The summed E-state index contributed by atoms with van der Waals surface area (Å²) in [7, 11) is 0. The Morgan fingerprint density at radius 3 is 1.87 bits per heavy atom. The van der Waals surface area contributed by atoms with E-state index in [0.29, 0.717) is 22.9 Å². The first kappa shape index (κ1) is 26.3. The van der Waals surface area contributed by atoms with Crippen LogP contribution in [0.25, 0.3) is 77.8 Å². The lowest BCUT2D eigenvalue weighted by atomic mass is 10.1. The second kappa shape index (κ2) is 10.2. The first-order valence-electron chi connectivity index (χ1n) is 15.1. The molecule has 0 saturated carbocycles. The molecule has 4 nitrogen and oxygen atoms in total. The lowest BCUT2D eigenvalue weighted by Crippen LogP contribution is -2.04. The summed E-state index contributed by atoms with van der Waals surface area (Å²) in [6.45, 7) is 0. The Kier molecular flexibility index (Phi) is 5.83. The van der Waals surface area contributed by atoms with Crippen LogP contribution in [-0.4, -0.2) is 19.1 Å². The number of rotatable bonds is 4. The van der Waals surface area contributed by atoms with Crippen molar-refractivity contribution in [3.63, 3.8) is 0 Å². The van der Waals surface area contributed by atoms with Crippen LogP contribution >= 0.6 is 0 Å². The molecule has 3 aromatic heterocycles. The van der Waals surface area contributed by atoms with Crippen molar-refractivity contribution in [3.05, 3.63) is 157 Å². The van der Waals surface area contributed by atoms with Gasteiger partial charge in [-0.2, -0.15) is 0 Å². The second-order valence-corrected chi connectivity index (χ2v) is 11.4. The fourth-order valence-electron chi connectivity index (χ4n) is 6.67. The zero-order chi connectivity index (χ0) is 30.8. The summed E-state index contributed by atoms with van der Waals surface area (Å²) in [6.07, 6.45) is 0. The Hall–Kier alpha value is -6.14. The summed E-state index contributed by atoms with van der Waals surface area (Å²) < 4.78 is 32.8. The van der Waals surface area contributed by atoms with E-state index in [0.717, 1.165) is 49.5 Å². The molecule has 0 atom stereocenters. The maximum Gasteiger partial charge on any atom is 0.235 e. The molecule has 0 N–H and O–H groups in total. The molecule has 9 aromatic rings. The third-order valence-corrected chi connectivity index (χ3v) is 8.66. The van der Waals surface area contributed by atoms with E-state index >= 15 is 0 Å². The van der Waals surface area contributed by atoms with Crippen molar-refractivity contribution in [2.75, 3.05) is 0 Å². The van der Waals surface area contributed by atoms with Gasteiger partial charge in [0, 0.05) is 38.4 Å². The second-order valence-electron chi connectivity index (χ2n) is 11.4. The molecule has 0 spiro atoms. The van der Waals surface area contributed by atoms with E-state index in [1.165, 1.54) is 29.7 Å². The van der Waals surface area contributed by atoms with E-state index in [2.05, 4.69) is 88.0 Å². The summed E-state index contributed by atoms with van der Waals surface area (Å²) in [6, 6.07) is 45.9. The van der Waals surface area contributed by atoms with Crippen molar-refractivity contribution in [3.8, 4) is 34.2 Å². The molecule has 6 aromatic carbocycles. The third kappa shape index (κ3) is 4.04. The highest BCUT2D eigenvalue weighted by molar-refractivity contribution is 6.26.